The molecule has 0 aromatic carbocycles. The zero-order chi connectivity index (χ0) is 15.2. The quantitative estimate of drug-likeness (QED) is 0.875. The summed E-state index contributed by atoms with van der Waals surface area (Å²) in [5.74, 6) is 0.932. The number of hydrogen-bond donors (Lipinski definition) is 1. The Balaban J connectivity index is 1.95. The van der Waals surface area contributed by atoms with E-state index in [4.69, 9.17) is 11.6 Å². The molecule has 118 valence electrons. The van der Waals surface area contributed by atoms with Gasteiger partial charge in [0.25, 0.3) is 0 Å². The van der Waals surface area contributed by atoms with Crippen LogP contribution in [0.25, 0.3) is 0 Å². The van der Waals surface area contributed by atoms with Gasteiger partial charge in [0.15, 0.2) is 0 Å². The maximum Gasteiger partial charge on any atom is 0.147 e. The molecule has 21 heavy (non-hydrogen) atoms. The molecule has 0 aliphatic carbocycles. The van der Waals surface area contributed by atoms with Crippen LogP contribution in [0.5, 0.6) is 0 Å². The molecule has 0 unspecified atom stereocenters. The first-order valence-electron chi connectivity index (χ1n) is 7.95. The minimum Gasteiger partial charge on any atom is -0.353 e. The van der Waals surface area contributed by atoms with E-state index in [1.807, 2.05) is 12.3 Å². The molecule has 1 aromatic heterocycles. The minimum absolute atomic E-state index is 0.468. The molecular formula is C16H27ClN4. The van der Waals surface area contributed by atoms with Crippen LogP contribution in [-0.2, 0) is 6.54 Å². The van der Waals surface area contributed by atoms with Crippen LogP contribution in [0.4, 0.5) is 5.82 Å². The Bertz CT molecular complexity index is 442. The number of aromatic nitrogens is 1. The molecule has 0 spiro atoms. The number of rotatable bonds is 6. The summed E-state index contributed by atoms with van der Waals surface area (Å²) in [6.07, 6.45) is 3.16. The third-order valence-electron chi connectivity index (χ3n) is 3.80. The molecule has 0 atom stereocenters. The average Bonchev–Trinajstić information content (AvgIpc) is 2.47. The maximum absolute atomic E-state index is 6.43. The standard InChI is InChI=1S/C16H27ClN4/c1-4-5-20-6-8-21(9-7-20)16-15(17)10-14(12-19-16)11-18-13(2)3/h10,12-13,18H,4-9,11H2,1-3H3. The second kappa shape index (κ2) is 7.97. The van der Waals surface area contributed by atoms with E-state index in [0.29, 0.717) is 6.04 Å². The van der Waals surface area contributed by atoms with Crippen LogP contribution in [0.15, 0.2) is 12.3 Å². The second-order valence-corrected chi connectivity index (χ2v) is 6.42. The summed E-state index contributed by atoms with van der Waals surface area (Å²) >= 11 is 6.43. The smallest absolute Gasteiger partial charge is 0.147 e. The van der Waals surface area contributed by atoms with Gasteiger partial charge in [0.2, 0.25) is 0 Å². The van der Waals surface area contributed by atoms with Crippen molar-refractivity contribution in [3.8, 4) is 0 Å². The normalized spacial score (nSPS) is 16.7. The third kappa shape index (κ3) is 4.83. The number of hydrogen-bond acceptors (Lipinski definition) is 4. The van der Waals surface area contributed by atoms with Crippen molar-refractivity contribution in [2.75, 3.05) is 37.6 Å². The summed E-state index contributed by atoms with van der Waals surface area (Å²) in [6, 6.07) is 2.51. The van der Waals surface area contributed by atoms with Crippen molar-refractivity contribution in [1.29, 1.82) is 0 Å². The molecule has 1 fully saturated rings. The van der Waals surface area contributed by atoms with E-state index in [-0.39, 0.29) is 0 Å². The second-order valence-electron chi connectivity index (χ2n) is 6.01. The molecule has 1 aromatic rings. The first-order valence-corrected chi connectivity index (χ1v) is 8.33. The van der Waals surface area contributed by atoms with E-state index in [2.05, 4.69) is 40.9 Å². The van der Waals surface area contributed by atoms with Crippen LogP contribution in [-0.4, -0.2) is 48.6 Å². The molecule has 0 saturated carbocycles. The number of nitrogens with one attached hydrogen (secondary N) is 1. The van der Waals surface area contributed by atoms with Gasteiger partial charge in [-0.2, -0.15) is 0 Å². The van der Waals surface area contributed by atoms with Gasteiger partial charge in [0.1, 0.15) is 5.82 Å². The third-order valence-corrected chi connectivity index (χ3v) is 4.08. The lowest BCUT2D eigenvalue weighted by Crippen LogP contribution is -2.46. The van der Waals surface area contributed by atoms with E-state index in [1.165, 1.54) is 13.0 Å². The first-order chi connectivity index (χ1) is 10.1. The van der Waals surface area contributed by atoms with Crippen molar-refractivity contribution in [3.05, 3.63) is 22.8 Å². The van der Waals surface area contributed by atoms with Crippen molar-refractivity contribution in [1.82, 2.24) is 15.2 Å². The lowest BCUT2D eigenvalue weighted by Gasteiger charge is -2.35. The van der Waals surface area contributed by atoms with Gasteiger partial charge in [-0.05, 0) is 24.6 Å². The summed E-state index contributed by atoms with van der Waals surface area (Å²) in [7, 11) is 0. The SMILES string of the molecule is CCCN1CCN(c2ncc(CNC(C)C)cc2Cl)CC1. The molecule has 0 bridgehead atoms. The number of piperazine rings is 1. The fourth-order valence-corrected chi connectivity index (χ4v) is 2.93. The predicted molar refractivity (Wildman–Crippen MR) is 90.2 cm³/mol. The zero-order valence-corrected chi connectivity index (χ0v) is 14.2. The monoisotopic (exact) mass is 310 g/mol. The highest BCUT2D eigenvalue weighted by Gasteiger charge is 2.19. The minimum atomic E-state index is 0.468. The van der Waals surface area contributed by atoms with Gasteiger partial charge in [-0.15, -0.1) is 0 Å². The summed E-state index contributed by atoms with van der Waals surface area (Å²) < 4.78 is 0. The van der Waals surface area contributed by atoms with Crippen molar-refractivity contribution in [2.45, 2.75) is 39.8 Å². The summed E-state index contributed by atoms with van der Waals surface area (Å²) in [5, 5.41) is 4.15. The Kier molecular flexibility index (Phi) is 6.27. The zero-order valence-electron chi connectivity index (χ0n) is 13.4. The van der Waals surface area contributed by atoms with Gasteiger partial charge in [0, 0.05) is 45.0 Å². The Morgan fingerprint density at radius 2 is 2.00 bits per heavy atom. The van der Waals surface area contributed by atoms with Crippen LogP contribution in [0.1, 0.15) is 32.8 Å². The Labute approximate surface area is 133 Å². The van der Waals surface area contributed by atoms with Gasteiger partial charge in [-0.1, -0.05) is 32.4 Å². The van der Waals surface area contributed by atoms with Crippen molar-refractivity contribution in [2.24, 2.45) is 0 Å². The topological polar surface area (TPSA) is 31.4 Å². The molecule has 0 amide bonds. The van der Waals surface area contributed by atoms with E-state index < -0.39 is 0 Å². The first kappa shape index (κ1) is 16.5. The molecule has 5 heteroatoms. The van der Waals surface area contributed by atoms with Gasteiger partial charge in [-0.3, -0.25) is 4.90 Å². The number of pyridine rings is 1. The highest BCUT2D eigenvalue weighted by Crippen LogP contribution is 2.25. The van der Waals surface area contributed by atoms with Crippen molar-refractivity contribution < 1.29 is 0 Å². The molecule has 1 N–H and O–H groups in total. The van der Waals surface area contributed by atoms with E-state index >= 15 is 0 Å². The molecule has 1 aliphatic heterocycles. The number of nitrogens with zero attached hydrogens (tertiary/aromatic N) is 3. The molecule has 4 nitrogen and oxygen atoms in total. The van der Waals surface area contributed by atoms with Crippen LogP contribution >= 0.6 is 11.6 Å². The maximum atomic E-state index is 6.43. The molecular weight excluding hydrogens is 284 g/mol. The fraction of sp³-hybridized carbons (Fsp3) is 0.688. The van der Waals surface area contributed by atoms with Crippen LogP contribution in [0.2, 0.25) is 5.02 Å². The summed E-state index contributed by atoms with van der Waals surface area (Å²) in [5.41, 5.74) is 1.14. The van der Waals surface area contributed by atoms with Crippen LogP contribution < -0.4 is 10.2 Å². The molecule has 1 aliphatic rings. The predicted octanol–water partition coefficient (Wildman–Crippen LogP) is 2.77. The Morgan fingerprint density at radius 1 is 1.29 bits per heavy atom. The van der Waals surface area contributed by atoms with Crippen LogP contribution in [0, 0.1) is 0 Å². The highest BCUT2D eigenvalue weighted by molar-refractivity contribution is 6.33. The number of anilines is 1. The van der Waals surface area contributed by atoms with Crippen molar-refractivity contribution in [3.63, 3.8) is 0 Å². The van der Waals surface area contributed by atoms with Gasteiger partial charge in [0.05, 0.1) is 5.02 Å². The summed E-state index contributed by atoms with van der Waals surface area (Å²) in [4.78, 5) is 9.39. The lowest BCUT2D eigenvalue weighted by atomic mass is 10.2. The average molecular weight is 311 g/mol. The largest absolute Gasteiger partial charge is 0.353 e. The molecule has 1 saturated heterocycles. The molecule has 2 heterocycles. The lowest BCUT2D eigenvalue weighted by molar-refractivity contribution is 0.258. The van der Waals surface area contributed by atoms with Gasteiger partial charge >= 0.3 is 0 Å². The van der Waals surface area contributed by atoms with E-state index in [9.17, 15) is 0 Å². The molecule has 0 radical (unpaired) electrons. The van der Waals surface area contributed by atoms with Crippen LogP contribution in [0.3, 0.4) is 0 Å². The number of halogens is 1. The van der Waals surface area contributed by atoms with Gasteiger partial charge < -0.3 is 10.2 Å². The highest BCUT2D eigenvalue weighted by atomic mass is 35.5. The van der Waals surface area contributed by atoms with E-state index in [1.54, 1.807) is 0 Å². The van der Waals surface area contributed by atoms with Crippen molar-refractivity contribution >= 4 is 17.4 Å². The Hall–Kier alpha value is -0.840. The fourth-order valence-electron chi connectivity index (χ4n) is 2.62. The summed E-state index contributed by atoms with van der Waals surface area (Å²) in [6.45, 7) is 12.7. The van der Waals surface area contributed by atoms with E-state index in [0.717, 1.165) is 49.1 Å². The molecule has 2 rings (SSSR count). The van der Waals surface area contributed by atoms with Gasteiger partial charge in [-0.25, -0.2) is 4.98 Å². The Morgan fingerprint density at radius 3 is 2.57 bits per heavy atom.